The molecule has 0 bridgehead atoms. The Labute approximate surface area is 102 Å². The average molecular weight is 237 g/mol. The highest BCUT2D eigenvalue weighted by Gasteiger charge is 2.33. The van der Waals surface area contributed by atoms with Gasteiger partial charge in [0.1, 0.15) is 0 Å². The van der Waals surface area contributed by atoms with Crippen molar-refractivity contribution in [1.29, 1.82) is 0 Å². The molecule has 0 amide bonds. The lowest BCUT2D eigenvalue weighted by molar-refractivity contribution is 0.134. The van der Waals surface area contributed by atoms with E-state index in [1.54, 1.807) is 0 Å². The molecule has 0 saturated heterocycles. The lowest BCUT2D eigenvalue weighted by Gasteiger charge is -2.18. The molecule has 1 heterocycles. The van der Waals surface area contributed by atoms with Gasteiger partial charge < -0.3 is 4.74 Å². The summed E-state index contributed by atoms with van der Waals surface area (Å²) in [5.74, 6) is 1.45. The third kappa shape index (κ3) is 1.87. The van der Waals surface area contributed by atoms with Crippen molar-refractivity contribution in [3.05, 3.63) is 34.9 Å². The Balaban J connectivity index is 1.82. The first-order valence-corrected chi connectivity index (χ1v) is 6.53. The maximum Gasteiger partial charge on any atom is 0.0725 e. The van der Waals surface area contributed by atoms with Gasteiger partial charge in [-0.3, -0.25) is 0 Å². The van der Waals surface area contributed by atoms with Crippen LogP contribution < -0.4 is 0 Å². The lowest BCUT2D eigenvalue weighted by atomic mass is 9.94. The zero-order valence-electron chi connectivity index (χ0n) is 9.58. The smallest absolute Gasteiger partial charge is 0.0725 e. The van der Waals surface area contributed by atoms with Crippen LogP contribution in [0.25, 0.3) is 0 Å². The molecule has 1 aliphatic heterocycles. The maximum absolute atomic E-state index is 6.55. The molecule has 1 nitrogen and oxygen atoms in total. The fraction of sp³-hybridized carbons (Fsp3) is 0.571. The van der Waals surface area contributed by atoms with Crippen LogP contribution >= 0.6 is 11.6 Å². The molecule has 2 aliphatic rings. The molecule has 86 valence electrons. The summed E-state index contributed by atoms with van der Waals surface area (Å²) >= 11 is 6.55. The van der Waals surface area contributed by atoms with Gasteiger partial charge in [0, 0.05) is 0 Å². The Morgan fingerprint density at radius 3 is 2.75 bits per heavy atom. The highest BCUT2D eigenvalue weighted by molar-refractivity contribution is 6.21. The van der Waals surface area contributed by atoms with E-state index in [2.05, 4.69) is 25.1 Å². The summed E-state index contributed by atoms with van der Waals surface area (Å²) < 4.78 is 5.43. The normalized spacial score (nSPS) is 22.9. The van der Waals surface area contributed by atoms with Crippen molar-refractivity contribution in [3.8, 4) is 0 Å². The Bertz CT molecular complexity index is 398. The van der Waals surface area contributed by atoms with Crippen molar-refractivity contribution in [1.82, 2.24) is 0 Å². The van der Waals surface area contributed by atoms with E-state index < -0.39 is 0 Å². The van der Waals surface area contributed by atoms with Gasteiger partial charge in [0.25, 0.3) is 0 Å². The SMILES string of the molecule is CC(C1CC1)C(Cl)c1ccc2c(c1)COC2. The zero-order valence-corrected chi connectivity index (χ0v) is 10.3. The molecule has 1 aromatic rings. The van der Waals surface area contributed by atoms with Crippen LogP contribution in [0, 0.1) is 11.8 Å². The van der Waals surface area contributed by atoms with E-state index >= 15 is 0 Å². The van der Waals surface area contributed by atoms with Crippen LogP contribution in [-0.2, 0) is 18.0 Å². The number of halogens is 1. The Morgan fingerprint density at radius 2 is 2.00 bits per heavy atom. The highest BCUT2D eigenvalue weighted by Crippen LogP contribution is 2.45. The van der Waals surface area contributed by atoms with E-state index in [1.807, 2.05) is 0 Å². The topological polar surface area (TPSA) is 9.23 Å². The molecule has 2 atom stereocenters. The van der Waals surface area contributed by atoms with Crippen molar-refractivity contribution < 1.29 is 4.74 Å². The molecule has 2 unspecified atom stereocenters. The van der Waals surface area contributed by atoms with E-state index in [0.717, 1.165) is 19.1 Å². The van der Waals surface area contributed by atoms with Crippen LogP contribution in [-0.4, -0.2) is 0 Å². The van der Waals surface area contributed by atoms with Gasteiger partial charge in [-0.25, -0.2) is 0 Å². The Morgan fingerprint density at radius 1 is 1.25 bits per heavy atom. The van der Waals surface area contributed by atoms with Crippen molar-refractivity contribution >= 4 is 11.6 Å². The second kappa shape index (κ2) is 4.05. The summed E-state index contributed by atoms with van der Waals surface area (Å²) in [4.78, 5) is 0. The van der Waals surface area contributed by atoms with E-state index in [9.17, 15) is 0 Å². The molecular formula is C14H17ClO. The fourth-order valence-corrected chi connectivity index (χ4v) is 2.87. The Hall–Kier alpha value is -0.530. The summed E-state index contributed by atoms with van der Waals surface area (Å²) in [6.07, 6.45) is 2.72. The van der Waals surface area contributed by atoms with Crippen LogP contribution in [0.4, 0.5) is 0 Å². The van der Waals surface area contributed by atoms with E-state index in [0.29, 0.717) is 5.92 Å². The van der Waals surface area contributed by atoms with Gasteiger partial charge in [-0.15, -0.1) is 11.6 Å². The number of fused-ring (bicyclic) bond motifs is 1. The van der Waals surface area contributed by atoms with Gasteiger partial charge in [-0.05, 0) is 41.4 Å². The van der Waals surface area contributed by atoms with E-state index in [4.69, 9.17) is 16.3 Å². The average Bonchev–Trinajstić information content (AvgIpc) is 3.05. The molecule has 1 aliphatic carbocycles. The number of ether oxygens (including phenoxy) is 1. The molecule has 16 heavy (non-hydrogen) atoms. The molecule has 0 aromatic heterocycles. The quantitative estimate of drug-likeness (QED) is 0.720. The van der Waals surface area contributed by atoms with Gasteiger partial charge in [-0.1, -0.05) is 25.1 Å². The number of rotatable bonds is 3. The van der Waals surface area contributed by atoms with Gasteiger partial charge >= 0.3 is 0 Å². The monoisotopic (exact) mass is 236 g/mol. The second-order valence-electron chi connectivity index (χ2n) is 5.12. The number of benzene rings is 1. The second-order valence-corrected chi connectivity index (χ2v) is 5.59. The van der Waals surface area contributed by atoms with E-state index in [-0.39, 0.29) is 5.38 Å². The maximum atomic E-state index is 6.55. The van der Waals surface area contributed by atoms with Crippen LogP contribution in [0.5, 0.6) is 0 Å². The molecular weight excluding hydrogens is 220 g/mol. The van der Waals surface area contributed by atoms with Crippen molar-refractivity contribution in [2.75, 3.05) is 0 Å². The predicted octanol–water partition coefficient (Wildman–Crippen LogP) is 4.04. The van der Waals surface area contributed by atoms with Crippen LogP contribution in [0.1, 0.15) is 41.8 Å². The predicted molar refractivity (Wildman–Crippen MR) is 65.4 cm³/mol. The number of hydrogen-bond donors (Lipinski definition) is 0. The molecule has 0 spiro atoms. The van der Waals surface area contributed by atoms with Crippen molar-refractivity contribution in [2.45, 2.75) is 38.4 Å². The largest absolute Gasteiger partial charge is 0.372 e. The van der Waals surface area contributed by atoms with Crippen LogP contribution in [0.3, 0.4) is 0 Å². The first-order valence-electron chi connectivity index (χ1n) is 6.09. The van der Waals surface area contributed by atoms with Gasteiger partial charge in [0.05, 0.1) is 18.6 Å². The first-order chi connectivity index (χ1) is 7.75. The molecule has 2 heteroatoms. The van der Waals surface area contributed by atoms with Crippen LogP contribution in [0.15, 0.2) is 18.2 Å². The molecule has 0 radical (unpaired) electrons. The minimum Gasteiger partial charge on any atom is -0.372 e. The summed E-state index contributed by atoms with van der Waals surface area (Å²) in [5.41, 5.74) is 3.92. The third-order valence-corrected chi connectivity index (χ3v) is 4.54. The van der Waals surface area contributed by atoms with Gasteiger partial charge in [-0.2, -0.15) is 0 Å². The third-order valence-electron chi connectivity index (χ3n) is 3.89. The molecule has 0 N–H and O–H groups in total. The first kappa shape index (κ1) is 10.6. The minimum atomic E-state index is 0.165. The zero-order chi connectivity index (χ0) is 11.1. The number of hydrogen-bond acceptors (Lipinski definition) is 1. The van der Waals surface area contributed by atoms with Gasteiger partial charge in [0.2, 0.25) is 0 Å². The number of alkyl halides is 1. The Kier molecular flexibility index (Phi) is 2.68. The summed E-state index contributed by atoms with van der Waals surface area (Å²) in [5, 5.41) is 0.165. The van der Waals surface area contributed by atoms with Crippen molar-refractivity contribution in [3.63, 3.8) is 0 Å². The minimum absolute atomic E-state index is 0.165. The molecule has 3 rings (SSSR count). The summed E-state index contributed by atoms with van der Waals surface area (Å²) in [7, 11) is 0. The molecule has 1 fully saturated rings. The summed E-state index contributed by atoms with van der Waals surface area (Å²) in [6, 6.07) is 6.58. The van der Waals surface area contributed by atoms with Gasteiger partial charge in [0.15, 0.2) is 0 Å². The lowest BCUT2D eigenvalue weighted by Crippen LogP contribution is -2.06. The van der Waals surface area contributed by atoms with Crippen molar-refractivity contribution in [2.24, 2.45) is 11.8 Å². The standard InChI is InChI=1S/C14H17ClO/c1-9(10-2-3-10)14(15)11-4-5-12-7-16-8-13(12)6-11/h4-6,9-10,14H,2-3,7-8H2,1H3. The van der Waals surface area contributed by atoms with E-state index in [1.165, 1.54) is 29.5 Å². The highest BCUT2D eigenvalue weighted by atomic mass is 35.5. The summed E-state index contributed by atoms with van der Waals surface area (Å²) in [6.45, 7) is 3.80. The molecule has 1 saturated carbocycles. The fourth-order valence-electron chi connectivity index (χ4n) is 2.53. The molecule has 1 aromatic carbocycles. The van der Waals surface area contributed by atoms with Crippen LogP contribution in [0.2, 0.25) is 0 Å².